The van der Waals surface area contributed by atoms with E-state index in [1.807, 2.05) is 42.2 Å². The lowest BCUT2D eigenvalue weighted by Gasteiger charge is -2.34. The van der Waals surface area contributed by atoms with Gasteiger partial charge >= 0.3 is 0 Å². The number of benzene rings is 2. The van der Waals surface area contributed by atoms with E-state index >= 15 is 0 Å². The highest BCUT2D eigenvalue weighted by Crippen LogP contribution is 2.30. The summed E-state index contributed by atoms with van der Waals surface area (Å²) in [4.78, 5) is 41.5. The molecule has 4 rings (SSSR count). The number of carbonyl (C=O) groups is 3. The van der Waals surface area contributed by atoms with Crippen LogP contribution in [0.2, 0.25) is 0 Å². The number of nitrogens with one attached hydrogen (secondary N) is 1. The van der Waals surface area contributed by atoms with Gasteiger partial charge in [-0.05, 0) is 69.3 Å². The molecule has 0 aromatic heterocycles. The first kappa shape index (κ1) is 21.1. The lowest BCUT2D eigenvalue weighted by molar-refractivity contribution is -0.123. The van der Waals surface area contributed by atoms with E-state index in [1.54, 1.807) is 24.3 Å². The third kappa shape index (κ3) is 4.61. The normalized spacial score (nSPS) is 20.2. The van der Waals surface area contributed by atoms with E-state index in [0.29, 0.717) is 44.0 Å². The molecule has 162 valence electrons. The summed E-state index contributed by atoms with van der Waals surface area (Å²) in [5.74, 6) is 0.240. The van der Waals surface area contributed by atoms with Crippen molar-refractivity contribution in [1.82, 2.24) is 4.90 Å². The van der Waals surface area contributed by atoms with Gasteiger partial charge in [0.2, 0.25) is 11.8 Å². The highest BCUT2D eigenvalue weighted by atomic mass is 16.5. The third-order valence-electron chi connectivity index (χ3n) is 5.91. The molecule has 0 radical (unpaired) electrons. The summed E-state index contributed by atoms with van der Waals surface area (Å²) in [7, 11) is 0. The van der Waals surface area contributed by atoms with E-state index in [0.717, 1.165) is 5.69 Å². The quantitative estimate of drug-likeness (QED) is 0.726. The molecule has 0 spiro atoms. The number of ether oxygens (including phenoxy) is 1. The minimum absolute atomic E-state index is 0.00990. The lowest BCUT2D eigenvalue weighted by Crippen LogP contribution is -2.47. The van der Waals surface area contributed by atoms with Gasteiger partial charge in [-0.2, -0.15) is 0 Å². The molecule has 7 nitrogen and oxygen atoms in total. The Morgan fingerprint density at radius 3 is 2.35 bits per heavy atom. The van der Waals surface area contributed by atoms with Crippen molar-refractivity contribution < 1.29 is 19.1 Å². The van der Waals surface area contributed by atoms with Gasteiger partial charge in [0.15, 0.2) is 0 Å². The SMILES string of the molecule is CCOc1ccc(N2C(=O)C[C@H](N3CCC(C(=O)Nc4ccccc4)CC3)C2=O)cc1. The number of hydrogen-bond acceptors (Lipinski definition) is 5. The van der Waals surface area contributed by atoms with Crippen molar-refractivity contribution in [3.63, 3.8) is 0 Å². The molecule has 2 aliphatic heterocycles. The van der Waals surface area contributed by atoms with E-state index in [2.05, 4.69) is 5.32 Å². The molecule has 2 aliphatic rings. The van der Waals surface area contributed by atoms with Crippen molar-refractivity contribution in [2.45, 2.75) is 32.2 Å². The molecule has 3 amide bonds. The maximum atomic E-state index is 13.0. The second kappa shape index (κ2) is 9.31. The fraction of sp³-hybridized carbons (Fsp3) is 0.375. The number of rotatable bonds is 6. The Hall–Kier alpha value is -3.19. The van der Waals surface area contributed by atoms with Gasteiger partial charge in [-0.3, -0.25) is 19.3 Å². The second-order valence-electron chi connectivity index (χ2n) is 7.88. The number of amides is 3. The molecule has 31 heavy (non-hydrogen) atoms. The molecule has 2 aromatic rings. The van der Waals surface area contributed by atoms with Crippen molar-refractivity contribution in [3.8, 4) is 5.75 Å². The summed E-state index contributed by atoms with van der Waals surface area (Å²) in [5, 5.41) is 2.96. The Morgan fingerprint density at radius 2 is 1.71 bits per heavy atom. The van der Waals surface area contributed by atoms with Crippen LogP contribution in [0.3, 0.4) is 0 Å². The van der Waals surface area contributed by atoms with Crippen LogP contribution in [-0.4, -0.2) is 48.4 Å². The van der Waals surface area contributed by atoms with Gasteiger partial charge in [0, 0.05) is 11.6 Å². The Morgan fingerprint density at radius 1 is 1.03 bits per heavy atom. The van der Waals surface area contributed by atoms with Crippen LogP contribution < -0.4 is 15.0 Å². The molecule has 0 saturated carbocycles. The zero-order valence-electron chi connectivity index (χ0n) is 17.6. The van der Waals surface area contributed by atoms with Gasteiger partial charge in [-0.15, -0.1) is 0 Å². The monoisotopic (exact) mass is 421 g/mol. The summed E-state index contributed by atoms with van der Waals surface area (Å²) in [6, 6.07) is 16.0. The van der Waals surface area contributed by atoms with Crippen LogP contribution in [0.4, 0.5) is 11.4 Å². The van der Waals surface area contributed by atoms with Gasteiger partial charge in [-0.25, -0.2) is 4.90 Å². The average molecular weight is 421 g/mol. The van der Waals surface area contributed by atoms with E-state index < -0.39 is 6.04 Å². The van der Waals surface area contributed by atoms with E-state index in [-0.39, 0.29) is 30.1 Å². The minimum atomic E-state index is -0.461. The molecule has 2 aromatic carbocycles. The predicted octanol–water partition coefficient (Wildman–Crippen LogP) is 3.07. The maximum Gasteiger partial charge on any atom is 0.251 e. The van der Waals surface area contributed by atoms with Crippen LogP contribution in [0.5, 0.6) is 5.75 Å². The number of piperidine rings is 1. The smallest absolute Gasteiger partial charge is 0.251 e. The molecule has 2 saturated heterocycles. The number of nitrogens with zero attached hydrogens (tertiary/aromatic N) is 2. The van der Waals surface area contributed by atoms with Gasteiger partial charge < -0.3 is 10.1 Å². The summed E-state index contributed by atoms with van der Waals surface area (Å²) in [6.07, 6.45) is 1.51. The summed E-state index contributed by atoms with van der Waals surface area (Å²) in [5.41, 5.74) is 1.36. The standard InChI is InChI=1S/C24H27N3O4/c1-2-31-20-10-8-19(9-11-20)27-22(28)16-21(24(27)30)26-14-12-17(13-15-26)23(29)25-18-6-4-3-5-7-18/h3-11,17,21H,2,12-16H2,1H3,(H,25,29)/t21-/m0/s1. The molecule has 0 bridgehead atoms. The molecular formula is C24H27N3O4. The lowest BCUT2D eigenvalue weighted by atomic mass is 9.94. The number of anilines is 2. The van der Waals surface area contributed by atoms with E-state index in [9.17, 15) is 14.4 Å². The molecule has 7 heteroatoms. The molecule has 1 atom stereocenters. The van der Waals surface area contributed by atoms with Crippen molar-refractivity contribution in [1.29, 1.82) is 0 Å². The van der Waals surface area contributed by atoms with Crippen molar-refractivity contribution in [2.75, 3.05) is 29.9 Å². The Labute approximate surface area is 182 Å². The summed E-state index contributed by atoms with van der Waals surface area (Å²) < 4.78 is 5.43. The second-order valence-corrected chi connectivity index (χ2v) is 7.88. The van der Waals surface area contributed by atoms with Gasteiger partial charge in [0.1, 0.15) is 5.75 Å². The molecular weight excluding hydrogens is 394 g/mol. The van der Waals surface area contributed by atoms with E-state index in [1.165, 1.54) is 4.90 Å². The first-order valence-electron chi connectivity index (χ1n) is 10.8. The van der Waals surface area contributed by atoms with Gasteiger partial charge in [0.05, 0.1) is 24.8 Å². The fourth-order valence-corrected chi connectivity index (χ4v) is 4.27. The molecule has 1 N–H and O–H groups in total. The third-order valence-corrected chi connectivity index (χ3v) is 5.91. The Balaban J connectivity index is 1.35. The number of para-hydroxylation sites is 1. The van der Waals surface area contributed by atoms with Crippen molar-refractivity contribution in [2.24, 2.45) is 5.92 Å². The van der Waals surface area contributed by atoms with Crippen LogP contribution in [0.25, 0.3) is 0 Å². The minimum Gasteiger partial charge on any atom is -0.494 e. The van der Waals surface area contributed by atoms with E-state index in [4.69, 9.17) is 4.74 Å². The molecule has 0 unspecified atom stereocenters. The summed E-state index contributed by atoms with van der Waals surface area (Å²) >= 11 is 0. The topological polar surface area (TPSA) is 79.0 Å². The number of carbonyl (C=O) groups excluding carboxylic acids is 3. The molecule has 2 fully saturated rings. The van der Waals surface area contributed by atoms with Crippen LogP contribution in [0.15, 0.2) is 54.6 Å². The maximum absolute atomic E-state index is 13.0. The zero-order chi connectivity index (χ0) is 21.8. The number of imide groups is 1. The van der Waals surface area contributed by atoms with Crippen molar-refractivity contribution >= 4 is 29.1 Å². The van der Waals surface area contributed by atoms with Crippen LogP contribution >= 0.6 is 0 Å². The summed E-state index contributed by atoms with van der Waals surface area (Å²) in [6.45, 7) is 3.70. The molecule has 2 heterocycles. The van der Waals surface area contributed by atoms with Crippen LogP contribution in [0.1, 0.15) is 26.2 Å². The predicted molar refractivity (Wildman–Crippen MR) is 118 cm³/mol. The molecule has 0 aliphatic carbocycles. The van der Waals surface area contributed by atoms with Crippen molar-refractivity contribution in [3.05, 3.63) is 54.6 Å². The van der Waals surface area contributed by atoms with Gasteiger partial charge in [0.25, 0.3) is 5.91 Å². The highest BCUT2D eigenvalue weighted by molar-refractivity contribution is 6.22. The van der Waals surface area contributed by atoms with Gasteiger partial charge in [-0.1, -0.05) is 18.2 Å². The first-order valence-corrected chi connectivity index (χ1v) is 10.8. The average Bonchev–Trinajstić information content (AvgIpc) is 3.09. The van der Waals surface area contributed by atoms with Crippen LogP contribution in [-0.2, 0) is 14.4 Å². The number of hydrogen-bond donors (Lipinski definition) is 1. The number of likely N-dealkylation sites (tertiary alicyclic amines) is 1. The largest absolute Gasteiger partial charge is 0.494 e. The highest BCUT2D eigenvalue weighted by Gasteiger charge is 2.43. The fourth-order valence-electron chi connectivity index (χ4n) is 4.27. The first-order chi connectivity index (χ1) is 15.1. The Bertz CT molecular complexity index is 937. The van der Waals surface area contributed by atoms with Crippen LogP contribution in [0, 0.1) is 5.92 Å². The zero-order valence-corrected chi connectivity index (χ0v) is 17.6. The Kier molecular flexibility index (Phi) is 6.32.